The molecule has 0 aliphatic carbocycles. The van der Waals surface area contributed by atoms with Crippen LogP contribution < -0.4 is 5.32 Å². The van der Waals surface area contributed by atoms with Gasteiger partial charge in [-0.05, 0) is 52.6 Å². The highest BCUT2D eigenvalue weighted by Gasteiger charge is 2.14. The lowest BCUT2D eigenvalue weighted by Gasteiger charge is -2.22. The average Bonchev–Trinajstić information content (AvgIpc) is 2.92. The molecule has 19 heavy (non-hydrogen) atoms. The fourth-order valence-corrected chi connectivity index (χ4v) is 2.58. The molecule has 0 radical (unpaired) electrons. The summed E-state index contributed by atoms with van der Waals surface area (Å²) in [7, 11) is 0. The van der Waals surface area contributed by atoms with Gasteiger partial charge in [0.05, 0.1) is 13.2 Å². The molecule has 0 aromatic rings. The Balaban J connectivity index is 2.10. The van der Waals surface area contributed by atoms with Gasteiger partial charge in [-0.15, -0.1) is 0 Å². The second kappa shape index (κ2) is 11.6. The normalized spacial score (nSPS) is 19.4. The molecule has 1 atom stereocenters. The second-order valence-electron chi connectivity index (χ2n) is 5.17. The minimum Gasteiger partial charge on any atom is -0.380 e. The molecule has 0 aromatic heterocycles. The van der Waals surface area contributed by atoms with Crippen molar-refractivity contribution in [2.45, 2.75) is 45.6 Å². The molecule has 1 heterocycles. The smallest absolute Gasteiger partial charge is 0.0593 e. The Morgan fingerprint density at radius 3 is 2.26 bits per heavy atom. The lowest BCUT2D eigenvalue weighted by atomic mass is 10.1. The molecule has 1 fully saturated rings. The highest BCUT2D eigenvalue weighted by atomic mass is 16.5. The SMILES string of the molecule is CCOCCN(CCCC1CCCN1)CCOCC. The van der Waals surface area contributed by atoms with Gasteiger partial charge in [0.25, 0.3) is 0 Å². The van der Waals surface area contributed by atoms with Gasteiger partial charge in [0.1, 0.15) is 0 Å². The van der Waals surface area contributed by atoms with E-state index >= 15 is 0 Å². The molecule has 0 aromatic carbocycles. The summed E-state index contributed by atoms with van der Waals surface area (Å²) in [5, 5.41) is 3.57. The van der Waals surface area contributed by atoms with Gasteiger partial charge in [0.2, 0.25) is 0 Å². The van der Waals surface area contributed by atoms with Gasteiger partial charge in [-0.1, -0.05) is 0 Å². The van der Waals surface area contributed by atoms with E-state index in [1.54, 1.807) is 0 Å². The number of ether oxygens (including phenoxy) is 2. The quantitative estimate of drug-likeness (QED) is 0.550. The highest BCUT2D eigenvalue weighted by Crippen LogP contribution is 2.11. The predicted octanol–water partition coefficient (Wildman–Crippen LogP) is 1.89. The molecule has 0 saturated carbocycles. The number of hydrogen-bond acceptors (Lipinski definition) is 4. The predicted molar refractivity (Wildman–Crippen MR) is 79.7 cm³/mol. The van der Waals surface area contributed by atoms with Crippen molar-refractivity contribution in [2.75, 3.05) is 52.6 Å². The fourth-order valence-electron chi connectivity index (χ4n) is 2.58. The summed E-state index contributed by atoms with van der Waals surface area (Å²) in [6.07, 6.45) is 5.29. The molecule has 1 rings (SSSR count). The lowest BCUT2D eigenvalue weighted by molar-refractivity contribution is 0.0818. The molecule has 1 saturated heterocycles. The van der Waals surface area contributed by atoms with Gasteiger partial charge >= 0.3 is 0 Å². The molecule has 1 N–H and O–H groups in total. The van der Waals surface area contributed by atoms with Crippen LogP contribution in [0, 0.1) is 0 Å². The van der Waals surface area contributed by atoms with Crippen molar-refractivity contribution in [1.29, 1.82) is 0 Å². The van der Waals surface area contributed by atoms with Crippen LogP contribution in [-0.2, 0) is 9.47 Å². The maximum Gasteiger partial charge on any atom is 0.0593 e. The number of nitrogens with zero attached hydrogens (tertiary/aromatic N) is 1. The molecule has 4 heteroatoms. The van der Waals surface area contributed by atoms with E-state index in [0.717, 1.165) is 45.6 Å². The zero-order chi connectivity index (χ0) is 13.8. The molecule has 1 aliphatic rings. The van der Waals surface area contributed by atoms with Gasteiger partial charge in [-0.25, -0.2) is 0 Å². The number of rotatable bonds is 12. The molecular formula is C15H32N2O2. The van der Waals surface area contributed by atoms with E-state index < -0.39 is 0 Å². The summed E-state index contributed by atoms with van der Waals surface area (Å²) in [4.78, 5) is 2.47. The van der Waals surface area contributed by atoms with E-state index in [0.29, 0.717) is 0 Å². The molecule has 1 unspecified atom stereocenters. The molecule has 0 amide bonds. The van der Waals surface area contributed by atoms with Gasteiger partial charge < -0.3 is 14.8 Å². The van der Waals surface area contributed by atoms with Crippen molar-refractivity contribution in [3.63, 3.8) is 0 Å². The molecule has 4 nitrogen and oxygen atoms in total. The molecule has 0 bridgehead atoms. The summed E-state index contributed by atoms with van der Waals surface area (Å²) in [5.74, 6) is 0. The van der Waals surface area contributed by atoms with Crippen LogP contribution in [-0.4, -0.2) is 63.5 Å². The van der Waals surface area contributed by atoms with Crippen molar-refractivity contribution in [2.24, 2.45) is 0 Å². The van der Waals surface area contributed by atoms with Crippen LogP contribution in [0.15, 0.2) is 0 Å². The Hall–Kier alpha value is -0.160. The first-order valence-electron chi connectivity index (χ1n) is 7.98. The van der Waals surface area contributed by atoms with Crippen LogP contribution in [0.4, 0.5) is 0 Å². The molecule has 1 aliphatic heterocycles. The first-order valence-corrected chi connectivity index (χ1v) is 7.98. The topological polar surface area (TPSA) is 33.7 Å². The van der Waals surface area contributed by atoms with E-state index in [1.165, 1.54) is 38.8 Å². The first-order chi connectivity index (χ1) is 9.36. The third-order valence-corrected chi connectivity index (χ3v) is 3.70. The average molecular weight is 272 g/mol. The van der Waals surface area contributed by atoms with Crippen LogP contribution in [0.5, 0.6) is 0 Å². The summed E-state index contributed by atoms with van der Waals surface area (Å²) < 4.78 is 10.9. The van der Waals surface area contributed by atoms with Crippen LogP contribution in [0.1, 0.15) is 39.5 Å². The van der Waals surface area contributed by atoms with Gasteiger partial charge in [-0.3, -0.25) is 4.90 Å². The fraction of sp³-hybridized carbons (Fsp3) is 1.00. The van der Waals surface area contributed by atoms with Crippen LogP contribution in [0.25, 0.3) is 0 Å². The zero-order valence-corrected chi connectivity index (χ0v) is 12.8. The summed E-state index contributed by atoms with van der Waals surface area (Å²) in [6, 6.07) is 0.764. The second-order valence-corrected chi connectivity index (χ2v) is 5.17. The minimum absolute atomic E-state index is 0.764. The van der Waals surface area contributed by atoms with Crippen LogP contribution in [0.3, 0.4) is 0 Å². The van der Waals surface area contributed by atoms with Crippen molar-refractivity contribution < 1.29 is 9.47 Å². The van der Waals surface area contributed by atoms with Gasteiger partial charge in [0, 0.05) is 32.3 Å². The summed E-state index contributed by atoms with van der Waals surface area (Å²) >= 11 is 0. The monoisotopic (exact) mass is 272 g/mol. The van der Waals surface area contributed by atoms with E-state index in [4.69, 9.17) is 9.47 Å². The zero-order valence-electron chi connectivity index (χ0n) is 12.8. The summed E-state index contributed by atoms with van der Waals surface area (Å²) in [6.45, 7) is 11.8. The Morgan fingerprint density at radius 2 is 1.74 bits per heavy atom. The van der Waals surface area contributed by atoms with Crippen LogP contribution in [0.2, 0.25) is 0 Å². The van der Waals surface area contributed by atoms with E-state index in [9.17, 15) is 0 Å². The number of nitrogens with one attached hydrogen (secondary N) is 1. The Bertz CT molecular complexity index is 187. The van der Waals surface area contributed by atoms with Crippen molar-refractivity contribution in [3.8, 4) is 0 Å². The van der Waals surface area contributed by atoms with Gasteiger partial charge in [-0.2, -0.15) is 0 Å². The van der Waals surface area contributed by atoms with E-state index in [-0.39, 0.29) is 0 Å². The lowest BCUT2D eigenvalue weighted by Crippen LogP contribution is -2.33. The molecular weight excluding hydrogens is 240 g/mol. The van der Waals surface area contributed by atoms with Crippen molar-refractivity contribution in [3.05, 3.63) is 0 Å². The van der Waals surface area contributed by atoms with Crippen molar-refractivity contribution >= 4 is 0 Å². The van der Waals surface area contributed by atoms with Gasteiger partial charge in [0.15, 0.2) is 0 Å². The molecule has 114 valence electrons. The minimum atomic E-state index is 0.764. The standard InChI is InChI=1S/C15H32N2O2/c1-3-18-13-11-17(12-14-19-4-2)10-6-8-15-7-5-9-16-15/h15-16H,3-14H2,1-2H3. The first kappa shape index (κ1) is 16.9. The summed E-state index contributed by atoms with van der Waals surface area (Å²) in [5.41, 5.74) is 0. The molecule has 0 spiro atoms. The highest BCUT2D eigenvalue weighted by molar-refractivity contribution is 4.74. The third-order valence-electron chi connectivity index (χ3n) is 3.70. The van der Waals surface area contributed by atoms with E-state index in [1.807, 2.05) is 0 Å². The third kappa shape index (κ3) is 8.58. The maximum atomic E-state index is 5.46. The Morgan fingerprint density at radius 1 is 1.05 bits per heavy atom. The van der Waals surface area contributed by atoms with Crippen molar-refractivity contribution in [1.82, 2.24) is 10.2 Å². The largest absolute Gasteiger partial charge is 0.380 e. The number of hydrogen-bond donors (Lipinski definition) is 1. The Kier molecular flexibility index (Phi) is 10.4. The van der Waals surface area contributed by atoms with E-state index in [2.05, 4.69) is 24.1 Å². The Labute approximate surface area is 118 Å². The van der Waals surface area contributed by atoms with Crippen LogP contribution >= 0.6 is 0 Å². The maximum absolute atomic E-state index is 5.46.